The van der Waals surface area contributed by atoms with Crippen molar-refractivity contribution in [3.05, 3.63) is 10.6 Å². The molecule has 102 valence electrons. The molecule has 0 saturated carbocycles. The number of anilines is 1. The third-order valence-corrected chi connectivity index (χ3v) is 5.97. The summed E-state index contributed by atoms with van der Waals surface area (Å²) in [6.07, 6.45) is 0. The van der Waals surface area contributed by atoms with Crippen molar-refractivity contribution in [2.45, 2.75) is 51.5 Å². The quantitative estimate of drug-likeness (QED) is 0.926. The Hall–Kier alpha value is -0.260. The topological polar surface area (TPSA) is 36.4 Å². The molecule has 2 unspecified atom stereocenters. The predicted octanol–water partition coefficient (Wildman–Crippen LogP) is 3.09. The van der Waals surface area contributed by atoms with Gasteiger partial charge in [0.1, 0.15) is 0 Å². The molecule has 1 aromatic rings. The Kier molecular flexibility index (Phi) is 4.56. The van der Waals surface area contributed by atoms with Crippen molar-refractivity contribution in [2.75, 3.05) is 17.2 Å². The molecule has 0 spiro atoms. The highest BCUT2D eigenvalue weighted by Gasteiger charge is 2.28. The molecule has 1 fully saturated rings. The average Bonchev–Trinajstić information content (AvgIpc) is 2.76. The van der Waals surface area contributed by atoms with Gasteiger partial charge >= 0.3 is 0 Å². The molecule has 18 heavy (non-hydrogen) atoms. The largest absolute Gasteiger partial charge is 0.391 e. The van der Waals surface area contributed by atoms with Gasteiger partial charge < -0.3 is 10.0 Å². The summed E-state index contributed by atoms with van der Waals surface area (Å²) >= 11 is 3.69. The van der Waals surface area contributed by atoms with Gasteiger partial charge in [-0.1, -0.05) is 32.1 Å². The van der Waals surface area contributed by atoms with Crippen LogP contribution in [0.25, 0.3) is 0 Å². The lowest BCUT2D eigenvalue weighted by molar-refractivity contribution is 0.283. The predicted molar refractivity (Wildman–Crippen MR) is 80.9 cm³/mol. The van der Waals surface area contributed by atoms with Gasteiger partial charge in [0.25, 0.3) is 0 Å². The van der Waals surface area contributed by atoms with Gasteiger partial charge in [-0.25, -0.2) is 4.98 Å². The minimum atomic E-state index is 0.109. The van der Waals surface area contributed by atoms with Crippen molar-refractivity contribution in [1.82, 2.24) is 4.98 Å². The SMILES string of the molecule is CC(C)c1nc(N2CCSC(C)C2C)sc1CO. The summed E-state index contributed by atoms with van der Waals surface area (Å²) in [5, 5.41) is 11.2. The van der Waals surface area contributed by atoms with Crippen LogP contribution in [0.3, 0.4) is 0 Å². The van der Waals surface area contributed by atoms with E-state index >= 15 is 0 Å². The van der Waals surface area contributed by atoms with E-state index in [1.807, 2.05) is 11.8 Å². The summed E-state index contributed by atoms with van der Waals surface area (Å²) in [5.74, 6) is 1.54. The zero-order chi connectivity index (χ0) is 13.3. The van der Waals surface area contributed by atoms with Gasteiger partial charge in [0.2, 0.25) is 0 Å². The van der Waals surface area contributed by atoms with Gasteiger partial charge in [0.15, 0.2) is 5.13 Å². The first-order valence-corrected chi connectivity index (χ1v) is 8.39. The monoisotopic (exact) mass is 286 g/mol. The van der Waals surface area contributed by atoms with Crippen LogP contribution in [0.5, 0.6) is 0 Å². The molecule has 1 aliphatic rings. The molecule has 2 rings (SSSR count). The summed E-state index contributed by atoms with van der Waals surface area (Å²) in [6.45, 7) is 9.99. The van der Waals surface area contributed by atoms with E-state index in [9.17, 15) is 5.11 Å². The highest BCUT2D eigenvalue weighted by Crippen LogP contribution is 2.35. The van der Waals surface area contributed by atoms with Crippen LogP contribution in [0.15, 0.2) is 0 Å². The van der Waals surface area contributed by atoms with E-state index in [4.69, 9.17) is 4.98 Å². The number of hydrogen-bond acceptors (Lipinski definition) is 5. The average molecular weight is 286 g/mol. The van der Waals surface area contributed by atoms with E-state index in [1.165, 1.54) is 0 Å². The van der Waals surface area contributed by atoms with Crippen molar-refractivity contribution >= 4 is 28.2 Å². The van der Waals surface area contributed by atoms with Crippen LogP contribution in [0.4, 0.5) is 5.13 Å². The lowest BCUT2D eigenvalue weighted by Gasteiger charge is -2.37. The van der Waals surface area contributed by atoms with Crippen LogP contribution in [-0.4, -0.2) is 33.7 Å². The zero-order valence-electron chi connectivity index (χ0n) is 11.5. The minimum absolute atomic E-state index is 0.109. The maximum atomic E-state index is 9.44. The first kappa shape index (κ1) is 14.2. The molecule has 5 heteroatoms. The normalized spacial score (nSPS) is 24.9. The molecule has 1 aromatic heterocycles. The standard InChI is InChI=1S/C13H22N2OS2/c1-8(2)12-11(7-16)18-13(14-12)15-5-6-17-10(4)9(15)3/h8-10,16H,5-7H2,1-4H3. The van der Waals surface area contributed by atoms with Crippen molar-refractivity contribution in [3.8, 4) is 0 Å². The molecule has 0 aromatic carbocycles. The van der Waals surface area contributed by atoms with Crippen molar-refractivity contribution in [1.29, 1.82) is 0 Å². The van der Waals surface area contributed by atoms with Gasteiger partial charge in [-0.05, 0) is 12.8 Å². The number of thioether (sulfide) groups is 1. The molecule has 2 heterocycles. The smallest absolute Gasteiger partial charge is 0.186 e. The molecule has 1 N–H and O–H groups in total. The number of thiazole rings is 1. The third-order valence-electron chi connectivity index (χ3n) is 3.54. The van der Waals surface area contributed by atoms with Gasteiger partial charge in [0, 0.05) is 23.6 Å². The Labute approximate surface area is 118 Å². The molecule has 0 bridgehead atoms. The number of aliphatic hydroxyl groups excluding tert-OH is 1. The van der Waals surface area contributed by atoms with Gasteiger partial charge in [0.05, 0.1) is 17.2 Å². The lowest BCUT2D eigenvalue weighted by atomic mass is 10.1. The second kappa shape index (κ2) is 5.80. The van der Waals surface area contributed by atoms with E-state index in [1.54, 1.807) is 11.3 Å². The summed E-state index contributed by atoms with van der Waals surface area (Å²) in [4.78, 5) is 8.19. The molecule has 1 saturated heterocycles. The number of aromatic nitrogens is 1. The maximum absolute atomic E-state index is 9.44. The molecule has 3 nitrogen and oxygen atoms in total. The Morgan fingerprint density at radius 2 is 2.17 bits per heavy atom. The number of rotatable bonds is 3. The van der Waals surface area contributed by atoms with Gasteiger partial charge in [-0.2, -0.15) is 11.8 Å². The minimum Gasteiger partial charge on any atom is -0.391 e. The molecule has 0 aliphatic carbocycles. The van der Waals surface area contributed by atoms with Crippen LogP contribution >= 0.6 is 23.1 Å². The van der Waals surface area contributed by atoms with E-state index in [-0.39, 0.29) is 6.61 Å². The van der Waals surface area contributed by atoms with Gasteiger partial charge in [-0.15, -0.1) is 0 Å². The highest BCUT2D eigenvalue weighted by atomic mass is 32.2. The first-order valence-electron chi connectivity index (χ1n) is 6.53. The summed E-state index contributed by atoms with van der Waals surface area (Å²) in [7, 11) is 0. The second-order valence-corrected chi connectivity index (χ2v) is 7.67. The molecule has 0 amide bonds. The second-order valence-electron chi connectivity index (χ2n) is 5.13. The zero-order valence-corrected chi connectivity index (χ0v) is 13.1. The van der Waals surface area contributed by atoms with Crippen molar-refractivity contribution in [3.63, 3.8) is 0 Å². The van der Waals surface area contributed by atoms with Crippen LogP contribution in [0, 0.1) is 0 Å². The number of aliphatic hydroxyl groups is 1. The van der Waals surface area contributed by atoms with E-state index < -0.39 is 0 Å². The Bertz CT molecular complexity index is 406. The summed E-state index contributed by atoms with van der Waals surface area (Å²) < 4.78 is 0. The number of nitrogens with zero attached hydrogens (tertiary/aromatic N) is 2. The number of hydrogen-bond donors (Lipinski definition) is 1. The van der Waals surface area contributed by atoms with Crippen LogP contribution in [0.1, 0.15) is 44.2 Å². The summed E-state index contributed by atoms with van der Waals surface area (Å²) in [6, 6.07) is 0.515. The molecule has 2 atom stereocenters. The fraction of sp³-hybridized carbons (Fsp3) is 0.769. The van der Waals surface area contributed by atoms with Gasteiger partial charge in [-0.3, -0.25) is 0 Å². The van der Waals surface area contributed by atoms with Crippen LogP contribution < -0.4 is 4.90 Å². The van der Waals surface area contributed by atoms with Crippen LogP contribution in [0.2, 0.25) is 0 Å². The fourth-order valence-electron chi connectivity index (χ4n) is 2.24. The summed E-state index contributed by atoms with van der Waals surface area (Å²) in [5.41, 5.74) is 1.07. The molecular weight excluding hydrogens is 264 g/mol. The fourth-order valence-corrected chi connectivity index (χ4v) is 4.53. The Morgan fingerprint density at radius 3 is 2.72 bits per heavy atom. The third kappa shape index (κ3) is 2.68. The lowest BCUT2D eigenvalue weighted by Crippen LogP contribution is -2.44. The maximum Gasteiger partial charge on any atom is 0.186 e. The van der Waals surface area contributed by atoms with Crippen molar-refractivity contribution in [2.24, 2.45) is 0 Å². The van der Waals surface area contributed by atoms with E-state index in [2.05, 4.69) is 32.6 Å². The molecule has 1 aliphatic heterocycles. The molecule has 0 radical (unpaired) electrons. The van der Waals surface area contributed by atoms with Crippen LogP contribution in [-0.2, 0) is 6.61 Å². The molecular formula is C13H22N2OS2. The van der Waals surface area contributed by atoms with E-state index in [0.717, 1.165) is 28.0 Å². The first-order chi connectivity index (χ1) is 8.54. The van der Waals surface area contributed by atoms with E-state index in [0.29, 0.717) is 17.2 Å². The van der Waals surface area contributed by atoms with Crippen molar-refractivity contribution < 1.29 is 5.11 Å². The Morgan fingerprint density at radius 1 is 1.44 bits per heavy atom. The Balaban J connectivity index is 2.27. The highest BCUT2D eigenvalue weighted by molar-refractivity contribution is 8.00.